The molecule has 0 bridgehead atoms. The molecule has 10 nitrogen and oxygen atoms in total. The Morgan fingerprint density at radius 1 is 0.895 bits per heavy atom. The molecule has 11 heteroatoms. The summed E-state index contributed by atoms with van der Waals surface area (Å²) in [6.07, 6.45) is -1.72. The van der Waals surface area contributed by atoms with Crippen LogP contribution in [-0.4, -0.2) is 67.8 Å². The molecule has 2 aliphatic rings. The highest BCUT2D eigenvalue weighted by molar-refractivity contribution is 6.33. The fourth-order valence-corrected chi connectivity index (χ4v) is 5.14. The number of nitrogens with zero attached hydrogens (tertiary/aromatic N) is 4. The number of H-pyrrole nitrogens is 1. The Balaban J connectivity index is 1.11. The van der Waals surface area contributed by atoms with E-state index in [-0.39, 0.29) is 24.9 Å². The van der Waals surface area contributed by atoms with Crippen LogP contribution in [0.1, 0.15) is 5.82 Å². The summed E-state index contributed by atoms with van der Waals surface area (Å²) in [6.45, 7) is 2.34. The Kier molecular flexibility index (Phi) is 5.62. The van der Waals surface area contributed by atoms with Crippen LogP contribution in [0.3, 0.4) is 0 Å². The van der Waals surface area contributed by atoms with Crippen molar-refractivity contribution in [1.29, 1.82) is 0 Å². The minimum atomic E-state index is -0.640. The molecular weight excluding hydrogens is 510 g/mol. The van der Waals surface area contributed by atoms with E-state index in [1.54, 1.807) is 13.0 Å². The first-order chi connectivity index (χ1) is 18.5. The third-order valence-electron chi connectivity index (χ3n) is 6.80. The molecule has 0 saturated carbocycles. The molecule has 2 unspecified atom stereocenters. The number of benzene rings is 2. The van der Waals surface area contributed by atoms with Gasteiger partial charge in [-0.15, -0.1) is 0 Å². The third kappa shape index (κ3) is 4.11. The molecule has 192 valence electrons. The zero-order valence-corrected chi connectivity index (χ0v) is 20.9. The number of halogens is 1. The lowest BCUT2D eigenvalue weighted by Gasteiger charge is -2.15. The SMILES string of the molecule is Cc1noc(-c2ccc(-c3ccc(-c4nc5nc(O[C@@H]6COC7C6OC[C@H]7O)[nH]c5cc4Cl)cc3)cc2)n1. The van der Waals surface area contributed by atoms with E-state index in [1.165, 1.54) is 0 Å². The van der Waals surface area contributed by atoms with Gasteiger partial charge in [0.25, 0.3) is 11.9 Å². The number of nitrogens with one attached hydrogen (secondary N) is 1. The average Bonchev–Trinajstić information content (AvgIpc) is 3.71. The minimum Gasteiger partial charge on any atom is -0.456 e. The first-order valence-corrected chi connectivity index (χ1v) is 12.6. The summed E-state index contributed by atoms with van der Waals surface area (Å²) in [5.74, 6) is 1.10. The summed E-state index contributed by atoms with van der Waals surface area (Å²) < 4.78 is 22.5. The predicted molar refractivity (Wildman–Crippen MR) is 138 cm³/mol. The van der Waals surface area contributed by atoms with E-state index in [1.807, 2.05) is 48.5 Å². The molecule has 2 aliphatic heterocycles. The molecule has 0 amide bonds. The number of aromatic amines is 1. The summed E-state index contributed by atoms with van der Waals surface area (Å²) in [7, 11) is 0. The van der Waals surface area contributed by atoms with Gasteiger partial charge < -0.3 is 28.8 Å². The topological polar surface area (TPSA) is 128 Å². The highest BCUT2D eigenvalue weighted by Gasteiger charge is 2.48. The van der Waals surface area contributed by atoms with Crippen LogP contribution in [0.5, 0.6) is 6.01 Å². The molecule has 2 fully saturated rings. The van der Waals surface area contributed by atoms with Crippen LogP contribution in [0, 0.1) is 6.92 Å². The zero-order valence-electron chi connectivity index (χ0n) is 20.2. The van der Waals surface area contributed by atoms with E-state index in [0.717, 1.165) is 22.3 Å². The van der Waals surface area contributed by atoms with Gasteiger partial charge in [0.05, 0.1) is 29.4 Å². The standard InChI is InChI=1S/C27H22ClN5O5/c1-13-29-26(38-33-13)17-8-4-15(5-9-17)14-2-6-16(7-3-14)22-18(28)10-19-25(31-22)32-27(30-19)37-21-12-36-23-20(34)11-35-24(21)23/h2-10,20-21,23-24,34H,11-12H2,1H3,(H,30,31,32)/t20-,21-,23?,24?/m1/s1. The van der Waals surface area contributed by atoms with Gasteiger partial charge in [0.2, 0.25) is 0 Å². The molecular formula is C27H22ClN5O5. The van der Waals surface area contributed by atoms with Crippen molar-refractivity contribution >= 4 is 22.8 Å². The fourth-order valence-electron chi connectivity index (χ4n) is 4.88. The van der Waals surface area contributed by atoms with Gasteiger partial charge in [0.1, 0.15) is 18.3 Å². The van der Waals surface area contributed by atoms with E-state index in [9.17, 15) is 5.11 Å². The van der Waals surface area contributed by atoms with Gasteiger partial charge >= 0.3 is 0 Å². The molecule has 3 aromatic heterocycles. The molecule has 2 saturated heterocycles. The van der Waals surface area contributed by atoms with E-state index < -0.39 is 6.10 Å². The quantitative estimate of drug-likeness (QED) is 0.342. The molecule has 38 heavy (non-hydrogen) atoms. The van der Waals surface area contributed by atoms with E-state index in [0.29, 0.717) is 46.2 Å². The second kappa shape index (κ2) is 9.17. The molecule has 0 spiro atoms. The first-order valence-electron chi connectivity index (χ1n) is 12.2. The Morgan fingerprint density at radius 3 is 2.29 bits per heavy atom. The molecule has 5 aromatic rings. The Hall–Kier alpha value is -3.83. The third-order valence-corrected chi connectivity index (χ3v) is 7.09. The first kappa shape index (κ1) is 23.3. The Morgan fingerprint density at radius 2 is 1.58 bits per heavy atom. The van der Waals surface area contributed by atoms with Crippen LogP contribution < -0.4 is 4.74 Å². The van der Waals surface area contributed by atoms with Crippen LogP contribution >= 0.6 is 11.6 Å². The summed E-state index contributed by atoms with van der Waals surface area (Å²) >= 11 is 6.60. The van der Waals surface area contributed by atoms with Crippen LogP contribution in [0.15, 0.2) is 59.1 Å². The second-order valence-corrected chi connectivity index (χ2v) is 9.76. The van der Waals surface area contributed by atoms with Gasteiger partial charge in [-0.05, 0) is 36.2 Å². The van der Waals surface area contributed by atoms with Crippen molar-refractivity contribution in [1.82, 2.24) is 25.1 Å². The monoisotopic (exact) mass is 531 g/mol. The van der Waals surface area contributed by atoms with Crippen molar-refractivity contribution in [2.75, 3.05) is 13.2 Å². The van der Waals surface area contributed by atoms with E-state index in [4.69, 9.17) is 30.3 Å². The molecule has 5 heterocycles. The number of hydrogen-bond donors (Lipinski definition) is 2. The lowest BCUT2D eigenvalue weighted by molar-refractivity contribution is 0.00706. The maximum atomic E-state index is 9.94. The number of ether oxygens (including phenoxy) is 3. The summed E-state index contributed by atoms with van der Waals surface area (Å²) in [5.41, 5.74) is 5.60. The zero-order chi connectivity index (χ0) is 25.8. The van der Waals surface area contributed by atoms with Crippen molar-refractivity contribution in [2.45, 2.75) is 31.3 Å². The van der Waals surface area contributed by atoms with E-state index >= 15 is 0 Å². The molecule has 0 radical (unpaired) electrons. The number of aryl methyl sites for hydroxylation is 1. The van der Waals surface area contributed by atoms with Crippen molar-refractivity contribution in [3.05, 3.63) is 65.4 Å². The van der Waals surface area contributed by atoms with Crippen molar-refractivity contribution in [3.63, 3.8) is 0 Å². The van der Waals surface area contributed by atoms with Gasteiger partial charge in [-0.25, -0.2) is 4.98 Å². The highest BCUT2D eigenvalue weighted by Crippen LogP contribution is 2.33. The molecule has 0 aliphatic carbocycles. The number of rotatable bonds is 5. The highest BCUT2D eigenvalue weighted by atomic mass is 35.5. The molecule has 7 rings (SSSR count). The van der Waals surface area contributed by atoms with Crippen LogP contribution in [-0.2, 0) is 9.47 Å². The lowest BCUT2D eigenvalue weighted by atomic mass is 10.0. The maximum absolute atomic E-state index is 9.94. The smallest absolute Gasteiger partial charge is 0.296 e. The Bertz CT molecular complexity index is 1620. The minimum absolute atomic E-state index is 0.236. The predicted octanol–water partition coefficient (Wildman–Crippen LogP) is 4.21. The molecule has 4 atom stereocenters. The summed E-state index contributed by atoms with van der Waals surface area (Å²) in [4.78, 5) is 16.6. The summed E-state index contributed by atoms with van der Waals surface area (Å²) in [6, 6.07) is 18.0. The average molecular weight is 532 g/mol. The number of aliphatic hydroxyl groups excluding tert-OH is 1. The van der Waals surface area contributed by atoms with E-state index in [2.05, 4.69) is 25.1 Å². The van der Waals surface area contributed by atoms with Gasteiger partial charge in [-0.3, -0.25) is 0 Å². The van der Waals surface area contributed by atoms with Gasteiger partial charge in [0, 0.05) is 11.1 Å². The van der Waals surface area contributed by atoms with Crippen LogP contribution in [0.2, 0.25) is 5.02 Å². The van der Waals surface area contributed by atoms with Crippen molar-refractivity contribution in [3.8, 4) is 39.8 Å². The number of imidazole rings is 1. The number of fused-ring (bicyclic) bond motifs is 2. The van der Waals surface area contributed by atoms with Crippen molar-refractivity contribution in [2.24, 2.45) is 0 Å². The molecule has 2 N–H and O–H groups in total. The number of hydrogen-bond acceptors (Lipinski definition) is 9. The fraction of sp³-hybridized carbons (Fsp3) is 0.259. The van der Waals surface area contributed by atoms with Gasteiger partial charge in [0.15, 0.2) is 17.6 Å². The van der Waals surface area contributed by atoms with Gasteiger partial charge in [-0.2, -0.15) is 9.97 Å². The largest absolute Gasteiger partial charge is 0.456 e. The number of aromatic nitrogens is 5. The second-order valence-electron chi connectivity index (χ2n) is 9.35. The van der Waals surface area contributed by atoms with Gasteiger partial charge in [-0.1, -0.05) is 53.2 Å². The maximum Gasteiger partial charge on any atom is 0.296 e. The van der Waals surface area contributed by atoms with Crippen LogP contribution in [0.4, 0.5) is 0 Å². The molecule has 2 aromatic carbocycles. The number of aliphatic hydroxyl groups is 1. The summed E-state index contributed by atoms with van der Waals surface area (Å²) in [5, 5.41) is 14.3. The normalized spacial score (nSPS) is 22.7. The number of pyridine rings is 1. The lowest BCUT2D eigenvalue weighted by Crippen LogP contribution is -2.34. The van der Waals surface area contributed by atoms with Crippen LogP contribution in [0.25, 0.3) is 45.0 Å². The Labute approximate surface area is 221 Å². The van der Waals surface area contributed by atoms with Crippen molar-refractivity contribution < 1.29 is 23.8 Å².